The summed E-state index contributed by atoms with van der Waals surface area (Å²) in [7, 11) is 0. The number of thiazole rings is 1. The van der Waals surface area contributed by atoms with E-state index in [0.717, 1.165) is 19.4 Å². The van der Waals surface area contributed by atoms with Crippen molar-refractivity contribution in [2.24, 2.45) is 0 Å². The van der Waals surface area contributed by atoms with Crippen LogP contribution in [-0.4, -0.2) is 17.6 Å². The molecule has 0 aromatic carbocycles. The topological polar surface area (TPSA) is 24.9 Å². The minimum Gasteiger partial charge on any atom is -0.313 e. The highest BCUT2D eigenvalue weighted by atomic mass is 32.1. The van der Waals surface area contributed by atoms with E-state index in [2.05, 4.69) is 48.6 Å². The molecule has 0 aliphatic rings. The summed E-state index contributed by atoms with van der Waals surface area (Å²) in [6.07, 6.45) is 2.13. The minimum atomic E-state index is 0.499. The first-order valence-electron chi connectivity index (χ1n) is 6.37. The van der Waals surface area contributed by atoms with Gasteiger partial charge in [0.2, 0.25) is 0 Å². The zero-order chi connectivity index (χ0) is 13.0. The lowest BCUT2D eigenvalue weighted by Gasteiger charge is -2.15. The number of hydrogen-bond acceptors (Lipinski definition) is 4. The number of thiophene rings is 1. The average molecular weight is 280 g/mol. The summed E-state index contributed by atoms with van der Waals surface area (Å²) >= 11 is 3.67. The summed E-state index contributed by atoms with van der Waals surface area (Å²) < 4.78 is 0. The zero-order valence-electron chi connectivity index (χ0n) is 11.2. The van der Waals surface area contributed by atoms with Crippen molar-refractivity contribution < 1.29 is 0 Å². The Morgan fingerprint density at radius 3 is 2.72 bits per heavy atom. The molecule has 0 aliphatic heterocycles. The van der Waals surface area contributed by atoms with Gasteiger partial charge >= 0.3 is 0 Å². The lowest BCUT2D eigenvalue weighted by Crippen LogP contribution is -2.32. The van der Waals surface area contributed by atoms with Gasteiger partial charge in [0, 0.05) is 22.2 Å². The summed E-state index contributed by atoms with van der Waals surface area (Å²) in [6, 6.07) is 4.84. The average Bonchev–Trinajstić information content (AvgIpc) is 2.91. The van der Waals surface area contributed by atoms with Gasteiger partial charge < -0.3 is 5.32 Å². The van der Waals surface area contributed by atoms with Gasteiger partial charge in [0.15, 0.2) is 0 Å². The maximum Gasteiger partial charge on any atom is 0.0946 e. The summed E-state index contributed by atoms with van der Waals surface area (Å²) in [5, 5.41) is 6.98. The van der Waals surface area contributed by atoms with E-state index in [0.29, 0.717) is 6.04 Å². The van der Waals surface area contributed by atoms with E-state index < -0.39 is 0 Å². The Kier molecular flexibility index (Phi) is 4.92. The fraction of sp³-hybridized carbons (Fsp3) is 0.500. The molecule has 0 amide bonds. The van der Waals surface area contributed by atoms with E-state index in [1.807, 2.05) is 22.7 Å². The van der Waals surface area contributed by atoms with Crippen molar-refractivity contribution in [3.8, 4) is 0 Å². The fourth-order valence-electron chi connectivity index (χ4n) is 2.01. The first-order valence-corrected chi connectivity index (χ1v) is 8.07. The van der Waals surface area contributed by atoms with Crippen LogP contribution >= 0.6 is 22.7 Å². The molecule has 0 saturated heterocycles. The van der Waals surface area contributed by atoms with Gasteiger partial charge in [-0.05, 0) is 38.3 Å². The SMILES string of the molecule is CCNC(Cc1cccs1)Cc1nc(C)c(C)s1. The Balaban J connectivity index is 2.01. The third-order valence-electron chi connectivity index (χ3n) is 3.01. The quantitative estimate of drug-likeness (QED) is 0.875. The van der Waals surface area contributed by atoms with Crippen LogP contribution in [0.5, 0.6) is 0 Å². The van der Waals surface area contributed by atoms with E-state index in [-0.39, 0.29) is 0 Å². The van der Waals surface area contributed by atoms with Gasteiger partial charge in [0.25, 0.3) is 0 Å². The van der Waals surface area contributed by atoms with Crippen LogP contribution in [0.15, 0.2) is 17.5 Å². The van der Waals surface area contributed by atoms with Crippen LogP contribution in [0.2, 0.25) is 0 Å². The number of nitrogens with zero attached hydrogens (tertiary/aromatic N) is 1. The van der Waals surface area contributed by atoms with Crippen LogP contribution in [0.3, 0.4) is 0 Å². The van der Waals surface area contributed by atoms with Gasteiger partial charge in [0.05, 0.1) is 10.7 Å². The molecular weight excluding hydrogens is 260 g/mol. The molecule has 2 aromatic rings. The summed E-state index contributed by atoms with van der Waals surface area (Å²) in [4.78, 5) is 7.44. The number of rotatable bonds is 6. The molecule has 0 spiro atoms. The molecule has 0 bridgehead atoms. The van der Waals surface area contributed by atoms with Crippen molar-refractivity contribution in [1.82, 2.24) is 10.3 Å². The van der Waals surface area contributed by atoms with Crippen molar-refractivity contribution in [1.29, 1.82) is 0 Å². The first-order chi connectivity index (χ1) is 8.69. The molecule has 2 aromatic heterocycles. The molecule has 1 N–H and O–H groups in total. The molecule has 18 heavy (non-hydrogen) atoms. The molecule has 0 radical (unpaired) electrons. The van der Waals surface area contributed by atoms with Crippen LogP contribution in [0, 0.1) is 13.8 Å². The van der Waals surface area contributed by atoms with Crippen molar-refractivity contribution >= 4 is 22.7 Å². The predicted octanol–water partition coefficient (Wildman–Crippen LogP) is 3.58. The molecule has 1 unspecified atom stereocenters. The van der Waals surface area contributed by atoms with Crippen molar-refractivity contribution in [3.63, 3.8) is 0 Å². The minimum absolute atomic E-state index is 0.499. The molecule has 0 fully saturated rings. The molecule has 0 aliphatic carbocycles. The van der Waals surface area contributed by atoms with Crippen molar-refractivity contribution in [2.75, 3.05) is 6.54 Å². The van der Waals surface area contributed by atoms with Gasteiger partial charge in [-0.25, -0.2) is 4.98 Å². The number of aromatic nitrogens is 1. The van der Waals surface area contributed by atoms with E-state index in [1.54, 1.807) is 0 Å². The predicted molar refractivity (Wildman–Crippen MR) is 80.8 cm³/mol. The van der Waals surface area contributed by atoms with E-state index in [9.17, 15) is 0 Å². The van der Waals surface area contributed by atoms with Gasteiger partial charge in [-0.15, -0.1) is 22.7 Å². The van der Waals surface area contributed by atoms with E-state index >= 15 is 0 Å². The number of nitrogens with one attached hydrogen (secondary N) is 1. The maximum atomic E-state index is 4.64. The van der Waals surface area contributed by atoms with Crippen LogP contribution in [-0.2, 0) is 12.8 Å². The second-order valence-electron chi connectivity index (χ2n) is 4.49. The molecule has 1 atom stereocenters. The van der Waals surface area contributed by atoms with Crippen molar-refractivity contribution in [3.05, 3.63) is 38.0 Å². The van der Waals surface area contributed by atoms with E-state index in [4.69, 9.17) is 0 Å². The summed E-state index contributed by atoms with van der Waals surface area (Å²) in [6.45, 7) is 7.42. The molecular formula is C14H20N2S2. The largest absolute Gasteiger partial charge is 0.313 e. The lowest BCUT2D eigenvalue weighted by atomic mass is 10.1. The molecule has 2 nitrogen and oxygen atoms in total. The van der Waals surface area contributed by atoms with Crippen LogP contribution in [0.25, 0.3) is 0 Å². The maximum absolute atomic E-state index is 4.64. The molecule has 4 heteroatoms. The smallest absolute Gasteiger partial charge is 0.0946 e. The number of aryl methyl sites for hydroxylation is 2. The molecule has 98 valence electrons. The highest BCUT2D eigenvalue weighted by Crippen LogP contribution is 2.20. The van der Waals surface area contributed by atoms with Crippen LogP contribution < -0.4 is 5.32 Å². The zero-order valence-corrected chi connectivity index (χ0v) is 12.8. The number of likely N-dealkylation sites (N-methyl/N-ethyl adjacent to an activating group) is 1. The Labute approximate surface area is 117 Å². The second kappa shape index (κ2) is 6.45. The monoisotopic (exact) mass is 280 g/mol. The Hall–Kier alpha value is -0.710. The Bertz CT molecular complexity index is 454. The molecule has 0 saturated carbocycles. The Morgan fingerprint density at radius 1 is 1.33 bits per heavy atom. The first kappa shape index (κ1) is 13.7. The van der Waals surface area contributed by atoms with Gasteiger partial charge in [-0.1, -0.05) is 13.0 Å². The van der Waals surface area contributed by atoms with Gasteiger partial charge in [-0.3, -0.25) is 0 Å². The second-order valence-corrected chi connectivity index (χ2v) is 6.81. The third kappa shape index (κ3) is 3.64. The Morgan fingerprint density at radius 2 is 2.17 bits per heavy atom. The van der Waals surface area contributed by atoms with Crippen molar-refractivity contribution in [2.45, 2.75) is 39.7 Å². The lowest BCUT2D eigenvalue weighted by molar-refractivity contribution is 0.523. The van der Waals surface area contributed by atoms with Crippen LogP contribution in [0.4, 0.5) is 0 Å². The normalized spacial score (nSPS) is 12.8. The third-order valence-corrected chi connectivity index (χ3v) is 5.01. The van der Waals surface area contributed by atoms with Gasteiger partial charge in [-0.2, -0.15) is 0 Å². The van der Waals surface area contributed by atoms with Crippen LogP contribution in [0.1, 0.15) is 27.4 Å². The number of hydrogen-bond donors (Lipinski definition) is 1. The fourth-order valence-corrected chi connectivity index (χ4v) is 3.81. The molecule has 2 rings (SSSR count). The summed E-state index contributed by atoms with van der Waals surface area (Å²) in [5.41, 5.74) is 1.18. The van der Waals surface area contributed by atoms with Gasteiger partial charge in [0.1, 0.15) is 0 Å². The van der Waals surface area contributed by atoms with E-state index in [1.165, 1.54) is 20.5 Å². The highest BCUT2D eigenvalue weighted by Gasteiger charge is 2.13. The standard InChI is InChI=1S/C14H20N2S2/c1-4-15-12(8-13-6-5-7-17-13)9-14-16-10(2)11(3)18-14/h5-7,12,15H,4,8-9H2,1-3H3. The summed E-state index contributed by atoms with van der Waals surface area (Å²) in [5.74, 6) is 0. The highest BCUT2D eigenvalue weighted by molar-refractivity contribution is 7.11. The molecule has 2 heterocycles.